The van der Waals surface area contributed by atoms with Crippen LogP contribution in [-0.4, -0.2) is 26.1 Å². The molecule has 1 amide bonds. The highest BCUT2D eigenvalue weighted by Gasteiger charge is 2.12. The van der Waals surface area contributed by atoms with Crippen molar-refractivity contribution in [2.75, 3.05) is 20.2 Å². The number of carbonyl (C=O) groups is 1. The summed E-state index contributed by atoms with van der Waals surface area (Å²) in [6.45, 7) is 2.69. The van der Waals surface area contributed by atoms with E-state index in [9.17, 15) is 4.79 Å². The number of benzene rings is 1. The molecule has 0 bridgehead atoms. The van der Waals surface area contributed by atoms with Crippen LogP contribution in [0.1, 0.15) is 15.9 Å². The molecule has 0 aliphatic carbocycles. The van der Waals surface area contributed by atoms with Crippen LogP contribution in [0.5, 0.6) is 5.75 Å². The van der Waals surface area contributed by atoms with Gasteiger partial charge in [-0.25, -0.2) is 0 Å². The first-order chi connectivity index (χ1) is 7.60. The van der Waals surface area contributed by atoms with Gasteiger partial charge in [0.2, 0.25) is 0 Å². The molecule has 4 nitrogen and oxygen atoms in total. The molecule has 0 unspecified atom stereocenters. The molecule has 0 radical (unpaired) electrons. The lowest BCUT2D eigenvalue weighted by Gasteiger charge is -2.10. The van der Waals surface area contributed by atoms with Crippen LogP contribution in [0.3, 0.4) is 0 Å². The molecule has 0 saturated heterocycles. The van der Waals surface area contributed by atoms with Crippen molar-refractivity contribution in [3.05, 3.63) is 28.3 Å². The van der Waals surface area contributed by atoms with E-state index < -0.39 is 0 Å². The minimum absolute atomic E-state index is 0.174. The van der Waals surface area contributed by atoms with Gasteiger partial charge in [-0.1, -0.05) is 11.6 Å². The largest absolute Gasteiger partial charge is 0.495 e. The number of aryl methyl sites for hydroxylation is 1. The van der Waals surface area contributed by atoms with E-state index in [1.54, 1.807) is 12.1 Å². The van der Waals surface area contributed by atoms with Crippen molar-refractivity contribution in [3.8, 4) is 5.75 Å². The van der Waals surface area contributed by atoms with Gasteiger partial charge in [-0.15, -0.1) is 0 Å². The van der Waals surface area contributed by atoms with Gasteiger partial charge in [0.15, 0.2) is 0 Å². The Morgan fingerprint density at radius 2 is 2.25 bits per heavy atom. The standard InChI is InChI=1S/C11H15ClN2O2/c1-7-5-10(16-2)9(12)6-8(7)11(15)14-4-3-13/h5-6H,3-4,13H2,1-2H3,(H,14,15). The Morgan fingerprint density at radius 3 is 2.81 bits per heavy atom. The van der Waals surface area contributed by atoms with E-state index in [1.165, 1.54) is 7.11 Å². The van der Waals surface area contributed by atoms with Crippen LogP contribution in [0.2, 0.25) is 5.02 Å². The summed E-state index contributed by atoms with van der Waals surface area (Å²) in [5.41, 5.74) is 6.66. The Bertz CT molecular complexity index is 394. The lowest BCUT2D eigenvalue weighted by molar-refractivity contribution is 0.0954. The van der Waals surface area contributed by atoms with E-state index in [0.717, 1.165) is 5.56 Å². The molecule has 5 heteroatoms. The average molecular weight is 243 g/mol. The molecule has 0 aromatic heterocycles. The maximum Gasteiger partial charge on any atom is 0.251 e. The molecule has 0 heterocycles. The summed E-state index contributed by atoms with van der Waals surface area (Å²) in [6, 6.07) is 3.33. The average Bonchev–Trinajstić information content (AvgIpc) is 2.28. The van der Waals surface area contributed by atoms with E-state index in [-0.39, 0.29) is 5.91 Å². The second-order valence-electron chi connectivity index (χ2n) is 3.35. The van der Waals surface area contributed by atoms with Crippen molar-refractivity contribution in [2.24, 2.45) is 5.73 Å². The number of hydrogen-bond acceptors (Lipinski definition) is 3. The Labute approximate surface area is 99.7 Å². The second kappa shape index (κ2) is 5.72. The molecule has 0 aliphatic rings. The van der Waals surface area contributed by atoms with Gasteiger partial charge in [0.1, 0.15) is 5.75 Å². The number of hydrogen-bond donors (Lipinski definition) is 2. The fraction of sp³-hybridized carbons (Fsp3) is 0.364. The Kier molecular flexibility index (Phi) is 4.58. The number of nitrogens with one attached hydrogen (secondary N) is 1. The molecule has 1 rings (SSSR count). The quantitative estimate of drug-likeness (QED) is 0.838. The summed E-state index contributed by atoms with van der Waals surface area (Å²) in [5.74, 6) is 0.391. The van der Waals surface area contributed by atoms with Crippen LogP contribution >= 0.6 is 11.6 Å². The zero-order valence-corrected chi connectivity index (χ0v) is 10.1. The minimum Gasteiger partial charge on any atom is -0.495 e. The topological polar surface area (TPSA) is 64.3 Å². The first-order valence-corrected chi connectivity index (χ1v) is 5.30. The van der Waals surface area contributed by atoms with Crippen molar-refractivity contribution < 1.29 is 9.53 Å². The summed E-state index contributed by atoms with van der Waals surface area (Å²) in [4.78, 5) is 11.7. The third kappa shape index (κ3) is 2.87. The number of nitrogens with two attached hydrogens (primary N) is 1. The third-order valence-corrected chi connectivity index (χ3v) is 2.47. The SMILES string of the molecule is COc1cc(C)c(C(=O)NCCN)cc1Cl. The van der Waals surface area contributed by atoms with Gasteiger partial charge in [-0.3, -0.25) is 4.79 Å². The van der Waals surface area contributed by atoms with Gasteiger partial charge >= 0.3 is 0 Å². The van der Waals surface area contributed by atoms with E-state index >= 15 is 0 Å². The zero-order valence-electron chi connectivity index (χ0n) is 9.34. The van der Waals surface area contributed by atoms with Gasteiger partial charge in [0.05, 0.1) is 12.1 Å². The number of carbonyl (C=O) groups excluding carboxylic acids is 1. The summed E-state index contributed by atoms with van der Waals surface area (Å²) in [6.07, 6.45) is 0. The van der Waals surface area contributed by atoms with Crippen molar-refractivity contribution >= 4 is 17.5 Å². The Balaban J connectivity index is 2.97. The fourth-order valence-electron chi connectivity index (χ4n) is 1.34. The van der Waals surface area contributed by atoms with Crippen LogP contribution in [-0.2, 0) is 0 Å². The summed E-state index contributed by atoms with van der Waals surface area (Å²) in [5, 5.41) is 3.11. The number of amides is 1. The minimum atomic E-state index is -0.174. The number of rotatable bonds is 4. The molecule has 1 aromatic rings. The first-order valence-electron chi connectivity index (χ1n) is 4.92. The van der Waals surface area contributed by atoms with Crippen molar-refractivity contribution in [1.82, 2.24) is 5.32 Å². The molecule has 0 spiro atoms. The summed E-state index contributed by atoms with van der Waals surface area (Å²) >= 11 is 5.95. The first kappa shape index (κ1) is 12.8. The van der Waals surface area contributed by atoms with Gasteiger partial charge in [-0.2, -0.15) is 0 Å². The summed E-state index contributed by atoms with van der Waals surface area (Å²) < 4.78 is 5.06. The smallest absolute Gasteiger partial charge is 0.251 e. The second-order valence-corrected chi connectivity index (χ2v) is 3.75. The molecule has 0 atom stereocenters. The maximum atomic E-state index is 11.7. The molecule has 0 fully saturated rings. The normalized spacial score (nSPS) is 10.0. The van der Waals surface area contributed by atoms with Gasteiger partial charge in [0, 0.05) is 18.7 Å². The number of methoxy groups -OCH3 is 1. The van der Waals surface area contributed by atoms with Crippen LogP contribution < -0.4 is 15.8 Å². The molecule has 1 aromatic carbocycles. The van der Waals surface area contributed by atoms with E-state index in [4.69, 9.17) is 22.1 Å². The molecular weight excluding hydrogens is 228 g/mol. The maximum absolute atomic E-state index is 11.7. The molecule has 0 aliphatic heterocycles. The fourth-order valence-corrected chi connectivity index (χ4v) is 1.58. The Hall–Kier alpha value is -1.26. The summed E-state index contributed by atoms with van der Waals surface area (Å²) in [7, 11) is 1.54. The number of halogens is 1. The predicted molar refractivity (Wildman–Crippen MR) is 64.1 cm³/mol. The van der Waals surface area contributed by atoms with Crippen LogP contribution in [0.25, 0.3) is 0 Å². The predicted octanol–water partition coefficient (Wildman–Crippen LogP) is 1.35. The van der Waals surface area contributed by atoms with Crippen LogP contribution in [0, 0.1) is 6.92 Å². The van der Waals surface area contributed by atoms with Crippen molar-refractivity contribution in [3.63, 3.8) is 0 Å². The third-order valence-electron chi connectivity index (χ3n) is 2.17. The van der Waals surface area contributed by atoms with E-state index in [1.807, 2.05) is 6.92 Å². The van der Waals surface area contributed by atoms with Crippen molar-refractivity contribution in [2.45, 2.75) is 6.92 Å². The van der Waals surface area contributed by atoms with Crippen molar-refractivity contribution in [1.29, 1.82) is 0 Å². The monoisotopic (exact) mass is 242 g/mol. The zero-order chi connectivity index (χ0) is 12.1. The van der Waals surface area contributed by atoms with Crippen LogP contribution in [0.15, 0.2) is 12.1 Å². The lowest BCUT2D eigenvalue weighted by Crippen LogP contribution is -2.29. The lowest BCUT2D eigenvalue weighted by atomic mass is 10.1. The molecular formula is C11H15ClN2O2. The van der Waals surface area contributed by atoms with Gasteiger partial charge < -0.3 is 15.8 Å². The van der Waals surface area contributed by atoms with Gasteiger partial charge in [-0.05, 0) is 24.6 Å². The van der Waals surface area contributed by atoms with Gasteiger partial charge in [0.25, 0.3) is 5.91 Å². The molecule has 0 saturated carbocycles. The highest BCUT2D eigenvalue weighted by atomic mass is 35.5. The number of ether oxygens (including phenoxy) is 1. The van der Waals surface area contributed by atoms with E-state index in [0.29, 0.717) is 29.4 Å². The molecule has 88 valence electrons. The van der Waals surface area contributed by atoms with Crippen LogP contribution in [0.4, 0.5) is 0 Å². The molecule has 3 N–H and O–H groups in total. The highest BCUT2D eigenvalue weighted by molar-refractivity contribution is 6.32. The van der Waals surface area contributed by atoms with E-state index in [2.05, 4.69) is 5.32 Å². The molecule has 16 heavy (non-hydrogen) atoms. The Morgan fingerprint density at radius 1 is 1.56 bits per heavy atom. The highest BCUT2D eigenvalue weighted by Crippen LogP contribution is 2.27.